The average molecular weight is 544 g/mol. The van der Waals surface area contributed by atoms with E-state index in [1.165, 1.54) is 0 Å². The molecule has 0 aliphatic carbocycles. The third kappa shape index (κ3) is 20.7. The maximum Gasteiger partial charge on any atom is 3.00 e. The maximum atomic E-state index is 10.3. The first-order chi connectivity index (χ1) is 11.6. The number of aliphatic carboxylic acids is 6. The molecule has 0 aliphatic rings. The molecule has 0 saturated heterocycles. The van der Waals surface area contributed by atoms with Crippen LogP contribution in [0.5, 0.6) is 0 Å². The number of hydrogen-bond donors (Lipinski definition) is 8. The molecule has 0 spiro atoms. The maximum absolute atomic E-state index is 10.3. The normalized spacial score (nSPS) is 9.10. The zero-order chi connectivity index (χ0) is 21.3. The molecule has 0 aromatic heterocycles. The Morgan fingerprint density at radius 2 is 0.581 bits per heavy atom. The van der Waals surface area contributed by atoms with Crippen molar-refractivity contribution in [3.8, 4) is 0 Å². The third-order valence-electron chi connectivity index (χ3n) is 2.57. The molecule has 19 heteroatoms. The van der Waals surface area contributed by atoms with Crippen LogP contribution in [-0.4, -0.2) is 87.9 Å². The van der Waals surface area contributed by atoms with Crippen LogP contribution in [0.25, 0.3) is 0 Å². The van der Waals surface area contributed by atoms with Crippen molar-refractivity contribution in [3.05, 3.63) is 0 Å². The van der Waals surface area contributed by atoms with E-state index in [1.54, 1.807) is 0 Å². The quantitative estimate of drug-likeness (QED) is 0.128. The summed E-state index contributed by atoms with van der Waals surface area (Å²) in [5.41, 5.74) is -5.48. The van der Waals surface area contributed by atoms with Crippen LogP contribution in [0.3, 0.4) is 0 Å². The Balaban J connectivity index is -0.0000000640. The fourth-order valence-electron chi connectivity index (χ4n) is 1.43. The van der Waals surface area contributed by atoms with Gasteiger partial charge in [0.05, 0.1) is 25.7 Å². The first-order valence-corrected chi connectivity index (χ1v) is 6.34. The number of rotatable bonds is 10. The fraction of sp³-hybridized carbons (Fsp3) is 0.500. The Kier molecular flexibility index (Phi) is 29.6. The van der Waals surface area contributed by atoms with Crippen molar-refractivity contribution in [3.63, 3.8) is 0 Å². The topological polar surface area (TPSA) is 350 Å². The molecular formula is C12H16Fe2O17. The van der Waals surface area contributed by atoms with E-state index < -0.39 is 72.7 Å². The van der Waals surface area contributed by atoms with Crippen LogP contribution in [0, 0.1) is 0 Å². The molecule has 17 nitrogen and oxygen atoms in total. The SMILES string of the molecule is O=C(O)CC(O)(CC(=O)O)C(=O)O.O=C(O)CC(O)(CC(=O)O)C(=O)O.[Fe+3].[Fe+3].[O-2].[O-2].[O-2]. The fourth-order valence-corrected chi connectivity index (χ4v) is 1.43. The standard InChI is InChI=1S/2C6H8O7.2Fe.3O/c2*7-3(8)1-6(13,5(11)12)2-4(9)10;;;;;/h2*13H,1-2H2,(H,7,8)(H,9,10)(H,11,12);;;;;/q;;2*+3;3*-2. The molecule has 31 heavy (non-hydrogen) atoms. The van der Waals surface area contributed by atoms with Crippen molar-refractivity contribution in [1.29, 1.82) is 0 Å². The number of carboxylic acid groups (broad SMARTS) is 6. The van der Waals surface area contributed by atoms with E-state index in [0.29, 0.717) is 0 Å². The summed E-state index contributed by atoms with van der Waals surface area (Å²) in [6.45, 7) is 0. The van der Waals surface area contributed by atoms with Gasteiger partial charge in [0.2, 0.25) is 0 Å². The van der Waals surface area contributed by atoms with Gasteiger partial charge < -0.3 is 57.3 Å². The van der Waals surface area contributed by atoms with Crippen LogP contribution in [0.4, 0.5) is 0 Å². The van der Waals surface area contributed by atoms with Gasteiger partial charge in [-0.3, -0.25) is 19.2 Å². The van der Waals surface area contributed by atoms with Crippen molar-refractivity contribution in [2.75, 3.05) is 0 Å². The molecule has 0 bridgehead atoms. The minimum Gasteiger partial charge on any atom is -2.00 e. The molecule has 0 heterocycles. The first kappa shape index (κ1) is 46.7. The molecule has 182 valence electrons. The van der Waals surface area contributed by atoms with Crippen LogP contribution >= 0.6 is 0 Å². The van der Waals surface area contributed by atoms with Crippen LogP contribution in [-0.2, 0) is 79.3 Å². The van der Waals surface area contributed by atoms with E-state index in [4.69, 9.17) is 40.9 Å². The monoisotopic (exact) mass is 544 g/mol. The number of hydrogen-bond acceptors (Lipinski definition) is 8. The van der Waals surface area contributed by atoms with Gasteiger partial charge in [0.1, 0.15) is 0 Å². The first-order valence-electron chi connectivity index (χ1n) is 6.34. The number of carbonyl (C=O) groups is 6. The molecular weight excluding hydrogens is 528 g/mol. The van der Waals surface area contributed by atoms with E-state index in [2.05, 4.69) is 0 Å². The second kappa shape index (κ2) is 19.6. The molecule has 0 aliphatic heterocycles. The Labute approximate surface area is 193 Å². The number of aliphatic hydroxyl groups is 2. The van der Waals surface area contributed by atoms with Gasteiger partial charge in [-0.25, -0.2) is 9.59 Å². The average Bonchev–Trinajstić information content (AvgIpc) is 2.34. The minimum atomic E-state index is -2.74. The van der Waals surface area contributed by atoms with Gasteiger partial charge in [-0.2, -0.15) is 0 Å². The summed E-state index contributed by atoms with van der Waals surface area (Å²) in [5, 5.41) is 67.6. The summed E-state index contributed by atoms with van der Waals surface area (Å²) in [7, 11) is 0. The molecule has 0 aromatic carbocycles. The Hall–Kier alpha value is -2.34. The summed E-state index contributed by atoms with van der Waals surface area (Å²) in [6.07, 6.45) is -4.58. The second-order valence-electron chi connectivity index (χ2n) is 4.96. The summed E-state index contributed by atoms with van der Waals surface area (Å²) >= 11 is 0. The van der Waals surface area contributed by atoms with Crippen molar-refractivity contribution >= 4 is 35.8 Å². The molecule has 0 unspecified atom stereocenters. The van der Waals surface area contributed by atoms with Crippen molar-refractivity contribution in [1.82, 2.24) is 0 Å². The summed E-state index contributed by atoms with van der Waals surface area (Å²) in [6, 6.07) is 0. The van der Waals surface area contributed by atoms with Gasteiger partial charge >= 0.3 is 70.0 Å². The van der Waals surface area contributed by atoms with Crippen LogP contribution in [0.1, 0.15) is 25.7 Å². The molecule has 0 saturated carbocycles. The molecule has 8 N–H and O–H groups in total. The predicted octanol–water partition coefficient (Wildman–Crippen LogP) is -2.86. The van der Waals surface area contributed by atoms with Crippen molar-refractivity contribution in [2.45, 2.75) is 36.9 Å². The Bertz CT molecular complexity index is 520. The molecule has 2 radical (unpaired) electrons. The van der Waals surface area contributed by atoms with Gasteiger partial charge in [0, 0.05) is 0 Å². The third-order valence-corrected chi connectivity index (χ3v) is 2.57. The predicted molar refractivity (Wildman–Crippen MR) is 76.2 cm³/mol. The smallest absolute Gasteiger partial charge is 2.00 e. The Morgan fingerprint density at radius 1 is 0.452 bits per heavy atom. The van der Waals surface area contributed by atoms with Gasteiger partial charge in [-0.15, -0.1) is 0 Å². The summed E-state index contributed by atoms with van der Waals surface area (Å²) < 4.78 is 0. The minimum absolute atomic E-state index is 0. The summed E-state index contributed by atoms with van der Waals surface area (Å²) in [5.74, 6) is -10.0. The van der Waals surface area contributed by atoms with E-state index in [0.717, 1.165) is 0 Å². The van der Waals surface area contributed by atoms with E-state index in [9.17, 15) is 28.8 Å². The number of carboxylic acids is 6. The molecule has 0 aromatic rings. The van der Waals surface area contributed by atoms with Gasteiger partial charge in [-0.05, 0) is 0 Å². The van der Waals surface area contributed by atoms with Crippen molar-refractivity contribution < 1.29 is 120 Å². The van der Waals surface area contributed by atoms with Crippen LogP contribution < -0.4 is 0 Å². The molecule has 0 fully saturated rings. The van der Waals surface area contributed by atoms with Gasteiger partial charge in [0.25, 0.3) is 0 Å². The molecule has 0 atom stereocenters. The van der Waals surface area contributed by atoms with Gasteiger partial charge in [0.15, 0.2) is 11.2 Å². The molecule has 0 amide bonds. The Morgan fingerprint density at radius 3 is 0.645 bits per heavy atom. The van der Waals surface area contributed by atoms with Crippen LogP contribution in [0.2, 0.25) is 0 Å². The second-order valence-corrected chi connectivity index (χ2v) is 4.96. The summed E-state index contributed by atoms with van der Waals surface area (Å²) in [4.78, 5) is 61.0. The van der Waals surface area contributed by atoms with E-state index in [1.807, 2.05) is 0 Å². The largest absolute Gasteiger partial charge is 3.00 e. The van der Waals surface area contributed by atoms with Crippen molar-refractivity contribution in [2.24, 2.45) is 0 Å². The zero-order valence-corrected chi connectivity index (χ0v) is 17.0. The molecule has 0 rings (SSSR count). The van der Waals surface area contributed by atoms with E-state index in [-0.39, 0.29) is 50.6 Å². The van der Waals surface area contributed by atoms with Crippen LogP contribution in [0.15, 0.2) is 0 Å². The van der Waals surface area contributed by atoms with E-state index >= 15 is 0 Å². The van der Waals surface area contributed by atoms with Gasteiger partial charge in [-0.1, -0.05) is 0 Å². The zero-order valence-electron chi connectivity index (χ0n) is 14.8.